The number of nitrogens with two attached hydrogens (primary N) is 1. The Morgan fingerprint density at radius 1 is 1.28 bits per heavy atom. The lowest BCUT2D eigenvalue weighted by Crippen LogP contribution is -2.54. The molecule has 7 heteroatoms. The smallest absolute Gasteiger partial charge is 0.253 e. The molecule has 3 rings (SSSR count). The second-order valence-electron chi connectivity index (χ2n) is 8.17. The minimum atomic E-state index is -0.0949. The number of benzene rings is 1. The Hall–Kier alpha value is -1.89. The average Bonchev–Trinajstić information content (AvgIpc) is 3.17. The topological polar surface area (TPSA) is 75.4 Å². The molecule has 0 radical (unpaired) electrons. The van der Waals surface area contributed by atoms with Crippen LogP contribution in [0.15, 0.2) is 41.8 Å². The largest absolute Gasteiger partial charge is 0.338 e. The number of nitrogens with one attached hydrogen (secondary N) is 1. The van der Waals surface area contributed by atoms with Crippen molar-refractivity contribution in [2.24, 2.45) is 11.1 Å². The van der Waals surface area contributed by atoms with Crippen molar-refractivity contribution < 1.29 is 9.59 Å². The van der Waals surface area contributed by atoms with Crippen molar-refractivity contribution >= 4 is 41.2 Å². The normalized spacial score (nSPS) is 18.0. The van der Waals surface area contributed by atoms with E-state index in [1.807, 2.05) is 23.1 Å². The van der Waals surface area contributed by atoms with E-state index in [0.717, 1.165) is 19.3 Å². The van der Waals surface area contributed by atoms with Gasteiger partial charge in [0.15, 0.2) is 0 Å². The van der Waals surface area contributed by atoms with Crippen LogP contribution in [-0.4, -0.2) is 35.8 Å². The molecule has 1 aliphatic rings. The number of carbonyl (C=O) groups excluding carboxylic acids is 2. The van der Waals surface area contributed by atoms with Crippen LogP contribution in [0.25, 0.3) is 0 Å². The third kappa shape index (κ3) is 6.29. The van der Waals surface area contributed by atoms with E-state index in [4.69, 9.17) is 5.73 Å². The highest BCUT2D eigenvalue weighted by Crippen LogP contribution is 2.28. The summed E-state index contributed by atoms with van der Waals surface area (Å²) in [5, 5.41) is 4.97. The number of nitrogens with zero attached hydrogens (tertiary/aromatic N) is 1. The number of rotatable bonds is 6. The standard InChI is InChI=1S/C22H29N3O2S.ClH/c1-22(2)15-25(12-11-19(22)23)21(27)16-6-3-7-17(14-16)24-20(26)10-4-8-18-9-5-13-28-18;/h3,5-7,9,13-14,19H,4,8,10-12,15,23H2,1-2H3,(H,24,26);1H. The first kappa shape index (κ1) is 23.4. The van der Waals surface area contributed by atoms with Crippen molar-refractivity contribution in [2.45, 2.75) is 45.6 Å². The lowest BCUT2D eigenvalue weighted by molar-refractivity contribution is -0.116. The van der Waals surface area contributed by atoms with Gasteiger partial charge in [-0.3, -0.25) is 9.59 Å². The van der Waals surface area contributed by atoms with Gasteiger partial charge in [0.2, 0.25) is 5.91 Å². The van der Waals surface area contributed by atoms with Crippen LogP contribution in [-0.2, 0) is 11.2 Å². The van der Waals surface area contributed by atoms with Crippen LogP contribution < -0.4 is 11.1 Å². The molecule has 1 aromatic heterocycles. The van der Waals surface area contributed by atoms with Crippen LogP contribution in [0, 0.1) is 5.41 Å². The molecule has 1 atom stereocenters. The summed E-state index contributed by atoms with van der Waals surface area (Å²) >= 11 is 1.72. The minimum absolute atomic E-state index is 0. The maximum Gasteiger partial charge on any atom is 0.253 e. The van der Waals surface area contributed by atoms with E-state index in [0.29, 0.717) is 30.8 Å². The molecule has 2 aromatic rings. The molecule has 2 heterocycles. The van der Waals surface area contributed by atoms with E-state index in [9.17, 15) is 9.59 Å². The Morgan fingerprint density at radius 2 is 2.07 bits per heavy atom. The quantitative estimate of drug-likeness (QED) is 0.708. The summed E-state index contributed by atoms with van der Waals surface area (Å²) in [6.45, 7) is 5.52. The van der Waals surface area contributed by atoms with Crippen LogP contribution in [0.5, 0.6) is 0 Å². The van der Waals surface area contributed by atoms with Gasteiger partial charge in [-0.15, -0.1) is 23.7 Å². The molecule has 29 heavy (non-hydrogen) atoms. The molecule has 3 N–H and O–H groups in total. The summed E-state index contributed by atoms with van der Waals surface area (Å²) in [5.74, 6) is -0.0278. The molecule has 1 aromatic carbocycles. The molecule has 0 aliphatic carbocycles. The van der Waals surface area contributed by atoms with Crippen LogP contribution in [0.1, 0.15) is 48.3 Å². The Kier molecular flexibility index (Phi) is 8.25. The van der Waals surface area contributed by atoms with E-state index in [1.165, 1.54) is 4.88 Å². The van der Waals surface area contributed by atoms with Crippen molar-refractivity contribution in [3.63, 3.8) is 0 Å². The number of hydrogen-bond acceptors (Lipinski definition) is 4. The maximum atomic E-state index is 12.9. The molecule has 158 valence electrons. The van der Waals surface area contributed by atoms with Crippen LogP contribution in [0.2, 0.25) is 0 Å². The minimum Gasteiger partial charge on any atom is -0.338 e. The predicted molar refractivity (Wildman–Crippen MR) is 122 cm³/mol. The second-order valence-corrected chi connectivity index (χ2v) is 9.20. The maximum absolute atomic E-state index is 12.9. The van der Waals surface area contributed by atoms with E-state index >= 15 is 0 Å². The van der Waals surface area contributed by atoms with Crippen LogP contribution in [0.3, 0.4) is 0 Å². The molecular weight excluding hydrogens is 406 g/mol. The highest BCUT2D eigenvalue weighted by atomic mass is 35.5. The average molecular weight is 436 g/mol. The number of hydrogen-bond donors (Lipinski definition) is 2. The summed E-state index contributed by atoms with van der Waals surface area (Å²) in [6, 6.07) is 11.4. The number of halogens is 1. The van der Waals surface area contributed by atoms with Gasteiger partial charge in [-0.2, -0.15) is 0 Å². The first-order chi connectivity index (χ1) is 13.3. The number of carbonyl (C=O) groups is 2. The molecule has 1 fully saturated rings. The molecule has 0 spiro atoms. The van der Waals surface area contributed by atoms with Crippen molar-refractivity contribution in [2.75, 3.05) is 18.4 Å². The molecule has 1 aliphatic heterocycles. The number of piperidine rings is 1. The zero-order valence-electron chi connectivity index (χ0n) is 17.0. The van der Waals surface area contributed by atoms with E-state index < -0.39 is 0 Å². The lowest BCUT2D eigenvalue weighted by atomic mass is 9.79. The predicted octanol–water partition coefficient (Wildman–Crippen LogP) is 4.33. The summed E-state index contributed by atoms with van der Waals surface area (Å²) in [6.07, 6.45) is 3.00. The van der Waals surface area contributed by atoms with Gasteiger partial charge < -0.3 is 16.0 Å². The van der Waals surface area contributed by atoms with Crippen molar-refractivity contribution in [3.8, 4) is 0 Å². The Bertz CT molecular complexity index is 823. The Morgan fingerprint density at radius 3 is 2.76 bits per heavy atom. The highest BCUT2D eigenvalue weighted by Gasteiger charge is 2.35. The lowest BCUT2D eigenvalue weighted by Gasteiger charge is -2.42. The van der Waals surface area contributed by atoms with E-state index in [1.54, 1.807) is 23.5 Å². The first-order valence-corrected chi connectivity index (χ1v) is 10.7. The molecular formula is C22H30ClN3O2S. The summed E-state index contributed by atoms with van der Waals surface area (Å²) in [4.78, 5) is 28.3. The highest BCUT2D eigenvalue weighted by molar-refractivity contribution is 7.09. The summed E-state index contributed by atoms with van der Waals surface area (Å²) in [5.41, 5.74) is 7.35. The molecule has 0 saturated carbocycles. The molecule has 1 unspecified atom stereocenters. The summed E-state index contributed by atoms with van der Waals surface area (Å²) in [7, 11) is 0. The van der Waals surface area contributed by atoms with Gasteiger partial charge in [0.05, 0.1) is 0 Å². The van der Waals surface area contributed by atoms with Crippen molar-refractivity contribution in [3.05, 3.63) is 52.2 Å². The molecule has 0 bridgehead atoms. The zero-order valence-corrected chi connectivity index (χ0v) is 18.7. The SMILES string of the molecule is CC1(C)CN(C(=O)c2cccc(NC(=O)CCCc3cccs3)c2)CCC1N.Cl. The van der Waals surface area contributed by atoms with Gasteiger partial charge in [-0.25, -0.2) is 0 Å². The van der Waals surface area contributed by atoms with Gasteiger partial charge in [0, 0.05) is 41.7 Å². The fourth-order valence-corrected chi connectivity index (χ4v) is 4.31. The van der Waals surface area contributed by atoms with Gasteiger partial charge in [0.1, 0.15) is 0 Å². The molecule has 2 amide bonds. The third-order valence-electron chi connectivity index (χ3n) is 5.40. The van der Waals surface area contributed by atoms with Gasteiger partial charge in [-0.1, -0.05) is 26.0 Å². The number of likely N-dealkylation sites (tertiary alicyclic amines) is 1. The van der Waals surface area contributed by atoms with Crippen molar-refractivity contribution in [1.29, 1.82) is 0 Å². The summed E-state index contributed by atoms with van der Waals surface area (Å²) < 4.78 is 0. The fraction of sp³-hybridized carbons (Fsp3) is 0.455. The van der Waals surface area contributed by atoms with Crippen LogP contribution >= 0.6 is 23.7 Å². The van der Waals surface area contributed by atoms with E-state index in [2.05, 4.69) is 30.6 Å². The first-order valence-electron chi connectivity index (χ1n) is 9.82. The number of amides is 2. The van der Waals surface area contributed by atoms with Gasteiger partial charge >= 0.3 is 0 Å². The molecule has 5 nitrogen and oxygen atoms in total. The van der Waals surface area contributed by atoms with Crippen LogP contribution in [0.4, 0.5) is 5.69 Å². The second kappa shape index (κ2) is 10.2. The van der Waals surface area contributed by atoms with Gasteiger partial charge in [0.25, 0.3) is 5.91 Å². The zero-order chi connectivity index (χ0) is 20.1. The Labute approximate surface area is 183 Å². The molecule has 1 saturated heterocycles. The van der Waals surface area contributed by atoms with Gasteiger partial charge in [-0.05, 0) is 54.3 Å². The number of anilines is 1. The number of thiophene rings is 1. The van der Waals surface area contributed by atoms with E-state index in [-0.39, 0.29) is 35.7 Å². The fourth-order valence-electron chi connectivity index (χ4n) is 3.56. The Balaban J connectivity index is 0.00000300. The number of aryl methyl sites for hydroxylation is 1. The third-order valence-corrected chi connectivity index (χ3v) is 6.34. The van der Waals surface area contributed by atoms with Crippen molar-refractivity contribution in [1.82, 2.24) is 4.90 Å². The monoisotopic (exact) mass is 435 g/mol.